The number of carbonyl (C=O) groups is 1. The second-order valence-corrected chi connectivity index (χ2v) is 8.43. The van der Waals surface area contributed by atoms with E-state index in [1.807, 2.05) is 13.0 Å². The molecule has 7 nitrogen and oxygen atoms in total. The standard InChI is InChI=1S/C19H23N3O4S.ClH/c1-13-4-6-16(20)12-17(13)21-19(23)15-5-3-14(2)18(11-15)27(24,25)22-7-9-26-10-8-22;/h3-6,11-12H,7-10,20H2,1-2H3,(H,21,23);1H. The van der Waals surface area contributed by atoms with Crippen LogP contribution < -0.4 is 11.1 Å². The van der Waals surface area contributed by atoms with E-state index in [9.17, 15) is 13.2 Å². The number of nitrogens with two attached hydrogens (primary N) is 1. The number of hydrogen-bond donors (Lipinski definition) is 2. The number of carbonyl (C=O) groups excluding carboxylic acids is 1. The van der Waals surface area contributed by atoms with Crippen LogP contribution in [-0.4, -0.2) is 44.9 Å². The minimum atomic E-state index is -3.68. The van der Waals surface area contributed by atoms with E-state index in [1.165, 1.54) is 10.4 Å². The quantitative estimate of drug-likeness (QED) is 0.733. The van der Waals surface area contributed by atoms with Gasteiger partial charge in [-0.2, -0.15) is 4.31 Å². The summed E-state index contributed by atoms with van der Waals surface area (Å²) >= 11 is 0. The predicted octanol–water partition coefficient (Wildman–Crippen LogP) is 2.58. The van der Waals surface area contributed by atoms with Crippen molar-refractivity contribution in [3.8, 4) is 0 Å². The Hall–Kier alpha value is -2.13. The highest BCUT2D eigenvalue weighted by Crippen LogP contribution is 2.24. The van der Waals surface area contributed by atoms with Crippen LogP contribution in [0.1, 0.15) is 21.5 Å². The molecule has 0 unspecified atom stereocenters. The summed E-state index contributed by atoms with van der Waals surface area (Å²) < 4.78 is 32.5. The molecule has 3 rings (SSSR count). The molecule has 152 valence electrons. The fourth-order valence-electron chi connectivity index (χ4n) is 2.91. The summed E-state index contributed by atoms with van der Waals surface area (Å²) in [4.78, 5) is 12.8. The van der Waals surface area contributed by atoms with Crippen molar-refractivity contribution in [3.63, 3.8) is 0 Å². The minimum Gasteiger partial charge on any atom is -0.399 e. The fraction of sp³-hybridized carbons (Fsp3) is 0.316. The van der Waals surface area contributed by atoms with Gasteiger partial charge in [0.25, 0.3) is 5.91 Å². The second-order valence-electron chi connectivity index (χ2n) is 6.53. The van der Waals surface area contributed by atoms with Crippen LogP contribution >= 0.6 is 12.4 Å². The number of anilines is 2. The number of rotatable bonds is 4. The molecule has 1 aliphatic rings. The molecule has 0 aliphatic carbocycles. The third-order valence-corrected chi connectivity index (χ3v) is 6.59. The van der Waals surface area contributed by atoms with Gasteiger partial charge in [0.1, 0.15) is 0 Å². The SMILES string of the molecule is Cc1ccc(N)cc1NC(=O)c1ccc(C)c(S(=O)(=O)N2CCOCC2)c1.Cl. The molecule has 1 fully saturated rings. The summed E-state index contributed by atoms with van der Waals surface area (Å²) in [7, 11) is -3.68. The molecule has 1 amide bonds. The summed E-state index contributed by atoms with van der Waals surface area (Å²) in [5, 5.41) is 2.80. The average Bonchev–Trinajstić information content (AvgIpc) is 2.65. The zero-order chi connectivity index (χ0) is 19.6. The lowest BCUT2D eigenvalue weighted by molar-refractivity contribution is 0.0730. The fourth-order valence-corrected chi connectivity index (χ4v) is 4.57. The average molecular weight is 426 g/mol. The predicted molar refractivity (Wildman–Crippen MR) is 112 cm³/mol. The first-order chi connectivity index (χ1) is 12.8. The number of halogens is 1. The van der Waals surface area contributed by atoms with Crippen LogP contribution in [0.15, 0.2) is 41.3 Å². The molecule has 28 heavy (non-hydrogen) atoms. The molecular formula is C19H24ClN3O4S. The summed E-state index contributed by atoms with van der Waals surface area (Å²) in [6, 6.07) is 9.93. The van der Waals surface area contributed by atoms with Gasteiger partial charge in [-0.1, -0.05) is 12.1 Å². The van der Waals surface area contributed by atoms with E-state index in [1.54, 1.807) is 31.2 Å². The molecule has 1 saturated heterocycles. The number of benzene rings is 2. The maximum atomic E-state index is 13.0. The first kappa shape index (κ1) is 22.2. The van der Waals surface area contributed by atoms with Gasteiger partial charge in [0.2, 0.25) is 10.0 Å². The first-order valence-electron chi connectivity index (χ1n) is 8.65. The molecule has 0 radical (unpaired) electrons. The van der Waals surface area contributed by atoms with Crippen LogP contribution in [0.3, 0.4) is 0 Å². The molecule has 0 aromatic heterocycles. The first-order valence-corrected chi connectivity index (χ1v) is 10.1. The summed E-state index contributed by atoms with van der Waals surface area (Å²) in [6.07, 6.45) is 0. The van der Waals surface area contributed by atoms with Gasteiger partial charge in [-0.25, -0.2) is 8.42 Å². The lowest BCUT2D eigenvalue weighted by atomic mass is 10.1. The number of nitrogens with one attached hydrogen (secondary N) is 1. The van der Waals surface area contributed by atoms with Crippen molar-refractivity contribution >= 4 is 39.7 Å². The van der Waals surface area contributed by atoms with E-state index in [-0.39, 0.29) is 28.8 Å². The number of nitrogen functional groups attached to an aromatic ring is 1. The van der Waals surface area contributed by atoms with Crippen LogP contribution in [0.2, 0.25) is 0 Å². The third-order valence-electron chi connectivity index (χ3n) is 4.55. The Morgan fingerprint density at radius 1 is 1.07 bits per heavy atom. The lowest BCUT2D eigenvalue weighted by Crippen LogP contribution is -2.40. The van der Waals surface area contributed by atoms with Crippen LogP contribution in [0.5, 0.6) is 0 Å². The number of aryl methyl sites for hydroxylation is 2. The third kappa shape index (κ3) is 4.64. The molecule has 0 saturated carbocycles. The van der Waals surface area contributed by atoms with E-state index in [0.29, 0.717) is 43.2 Å². The molecule has 3 N–H and O–H groups in total. The molecule has 9 heteroatoms. The van der Waals surface area contributed by atoms with Crippen molar-refractivity contribution in [1.29, 1.82) is 0 Å². The number of nitrogens with zero attached hydrogens (tertiary/aromatic N) is 1. The summed E-state index contributed by atoms with van der Waals surface area (Å²) in [5.41, 5.74) is 8.65. The second kappa shape index (κ2) is 8.91. The molecule has 2 aromatic rings. The van der Waals surface area contributed by atoms with Crippen molar-refractivity contribution in [3.05, 3.63) is 53.1 Å². The molecule has 0 spiro atoms. The Morgan fingerprint density at radius 2 is 1.71 bits per heavy atom. The monoisotopic (exact) mass is 425 g/mol. The van der Waals surface area contributed by atoms with Crippen molar-refractivity contribution < 1.29 is 17.9 Å². The van der Waals surface area contributed by atoms with E-state index < -0.39 is 10.0 Å². The van der Waals surface area contributed by atoms with Gasteiger partial charge >= 0.3 is 0 Å². The van der Waals surface area contributed by atoms with Gasteiger partial charge in [-0.15, -0.1) is 12.4 Å². The Bertz CT molecular complexity index is 973. The molecular weight excluding hydrogens is 402 g/mol. The van der Waals surface area contributed by atoms with Gasteiger partial charge in [0, 0.05) is 30.0 Å². The molecule has 2 aromatic carbocycles. The van der Waals surface area contributed by atoms with E-state index in [4.69, 9.17) is 10.5 Å². The van der Waals surface area contributed by atoms with E-state index in [2.05, 4.69) is 5.32 Å². The summed E-state index contributed by atoms with van der Waals surface area (Å²) in [6.45, 7) is 4.93. The van der Waals surface area contributed by atoms with Crippen LogP contribution in [0.25, 0.3) is 0 Å². The molecule has 0 atom stereocenters. The van der Waals surface area contributed by atoms with E-state index in [0.717, 1.165) is 5.56 Å². The lowest BCUT2D eigenvalue weighted by Gasteiger charge is -2.26. The maximum absolute atomic E-state index is 13.0. The maximum Gasteiger partial charge on any atom is 0.255 e. The Labute approximate surface area is 171 Å². The van der Waals surface area contributed by atoms with Gasteiger partial charge in [-0.3, -0.25) is 4.79 Å². The number of hydrogen-bond acceptors (Lipinski definition) is 5. The minimum absolute atomic E-state index is 0. The largest absolute Gasteiger partial charge is 0.399 e. The van der Waals surface area contributed by atoms with Crippen molar-refractivity contribution in [2.24, 2.45) is 0 Å². The van der Waals surface area contributed by atoms with E-state index >= 15 is 0 Å². The normalized spacial score (nSPS) is 14.9. The molecule has 1 heterocycles. The highest BCUT2D eigenvalue weighted by molar-refractivity contribution is 7.89. The molecule has 1 aliphatic heterocycles. The highest BCUT2D eigenvalue weighted by Gasteiger charge is 2.28. The topological polar surface area (TPSA) is 102 Å². The zero-order valence-electron chi connectivity index (χ0n) is 15.8. The van der Waals surface area contributed by atoms with Gasteiger partial charge in [0.05, 0.1) is 18.1 Å². The number of sulfonamides is 1. The number of morpholine rings is 1. The molecule has 0 bridgehead atoms. The van der Waals surface area contributed by atoms with Gasteiger partial charge in [-0.05, 0) is 49.2 Å². The number of ether oxygens (including phenoxy) is 1. The Balaban J connectivity index is 0.00000280. The van der Waals surface area contributed by atoms with Crippen molar-refractivity contribution in [2.75, 3.05) is 37.4 Å². The zero-order valence-corrected chi connectivity index (χ0v) is 17.4. The summed E-state index contributed by atoms with van der Waals surface area (Å²) in [5.74, 6) is -0.387. The number of amides is 1. The van der Waals surface area contributed by atoms with Crippen LogP contribution in [0, 0.1) is 13.8 Å². The van der Waals surface area contributed by atoms with Crippen molar-refractivity contribution in [1.82, 2.24) is 4.31 Å². The van der Waals surface area contributed by atoms with Crippen LogP contribution in [0.4, 0.5) is 11.4 Å². The van der Waals surface area contributed by atoms with Crippen molar-refractivity contribution in [2.45, 2.75) is 18.7 Å². The van der Waals surface area contributed by atoms with Crippen LogP contribution in [-0.2, 0) is 14.8 Å². The van der Waals surface area contributed by atoms with Gasteiger partial charge in [0.15, 0.2) is 0 Å². The smallest absolute Gasteiger partial charge is 0.255 e. The highest BCUT2D eigenvalue weighted by atomic mass is 35.5. The Kier molecular flexibility index (Phi) is 7.06. The van der Waals surface area contributed by atoms with Gasteiger partial charge < -0.3 is 15.8 Å². The Morgan fingerprint density at radius 3 is 2.39 bits per heavy atom.